The predicted octanol–water partition coefficient (Wildman–Crippen LogP) is 1.81. The molecule has 4 nitrogen and oxygen atoms in total. The molecule has 0 bridgehead atoms. The van der Waals surface area contributed by atoms with Crippen LogP contribution in [0.1, 0.15) is 24.5 Å². The van der Waals surface area contributed by atoms with Crippen molar-refractivity contribution in [2.45, 2.75) is 18.8 Å². The summed E-state index contributed by atoms with van der Waals surface area (Å²) < 4.78 is 14.7. The van der Waals surface area contributed by atoms with Crippen molar-refractivity contribution in [1.29, 1.82) is 0 Å². The van der Waals surface area contributed by atoms with Crippen molar-refractivity contribution in [3.63, 3.8) is 0 Å². The van der Waals surface area contributed by atoms with E-state index in [1.54, 1.807) is 6.33 Å². The molecule has 1 fully saturated rings. The number of hydrogen-bond donors (Lipinski definition) is 2. The van der Waals surface area contributed by atoms with Crippen molar-refractivity contribution < 1.29 is 4.39 Å². The minimum absolute atomic E-state index is 0.255. The van der Waals surface area contributed by atoms with Crippen molar-refractivity contribution >= 4 is 0 Å². The van der Waals surface area contributed by atoms with Gasteiger partial charge in [-0.25, -0.2) is 9.37 Å². The lowest BCUT2D eigenvalue weighted by Crippen LogP contribution is -2.28. The molecule has 0 saturated carbocycles. The van der Waals surface area contributed by atoms with Crippen molar-refractivity contribution in [3.05, 3.63) is 36.3 Å². The number of imidazole rings is 1. The van der Waals surface area contributed by atoms with Gasteiger partial charge in [0.05, 0.1) is 5.69 Å². The molecule has 1 saturated heterocycles. The highest BCUT2D eigenvalue weighted by molar-refractivity contribution is 5.25. The molecule has 0 radical (unpaired) electrons. The van der Waals surface area contributed by atoms with Gasteiger partial charge in [-0.05, 0) is 19.4 Å². The van der Waals surface area contributed by atoms with Gasteiger partial charge < -0.3 is 10.3 Å². The molecule has 2 aromatic heterocycles. The fraction of sp³-hybridized carbons (Fsp3) is 0.417. The molecular weight excluding hydrogens is 219 g/mol. The quantitative estimate of drug-likeness (QED) is 0.832. The molecule has 1 aliphatic rings. The number of piperidine rings is 1. The Morgan fingerprint density at radius 3 is 3.12 bits per heavy atom. The van der Waals surface area contributed by atoms with Crippen LogP contribution in [0.15, 0.2) is 24.8 Å². The summed E-state index contributed by atoms with van der Waals surface area (Å²) >= 11 is 0. The molecule has 0 amide bonds. The predicted molar refractivity (Wildman–Crippen MR) is 62.7 cm³/mol. The average Bonchev–Trinajstić information content (AvgIpc) is 2.98. The van der Waals surface area contributed by atoms with E-state index in [2.05, 4.69) is 15.3 Å². The molecule has 2 aromatic rings. The van der Waals surface area contributed by atoms with E-state index in [9.17, 15) is 4.39 Å². The molecular formula is C12H15FN4. The van der Waals surface area contributed by atoms with Gasteiger partial charge in [-0.15, -0.1) is 0 Å². The van der Waals surface area contributed by atoms with Gasteiger partial charge in [0.2, 0.25) is 0 Å². The summed E-state index contributed by atoms with van der Waals surface area (Å²) in [6.07, 6.45) is 7.41. The Bertz CT molecular complexity index is 496. The molecule has 5 heteroatoms. The van der Waals surface area contributed by atoms with Crippen LogP contribution >= 0.6 is 0 Å². The molecule has 17 heavy (non-hydrogen) atoms. The first-order chi connectivity index (χ1) is 8.33. The first-order valence-electron chi connectivity index (χ1n) is 5.92. The Hall–Kier alpha value is -1.62. The largest absolute Gasteiger partial charge is 0.345 e. The summed E-state index contributed by atoms with van der Waals surface area (Å²) in [6.45, 7) is 2.08. The number of hydrogen-bond acceptors (Lipinski definition) is 2. The summed E-state index contributed by atoms with van der Waals surface area (Å²) in [5.41, 5.74) is 1.08. The number of H-pyrrole nitrogens is 1. The Labute approximate surface area is 98.9 Å². The third-order valence-electron chi connectivity index (χ3n) is 3.23. The number of aromatic nitrogens is 3. The Morgan fingerprint density at radius 2 is 2.41 bits per heavy atom. The van der Waals surface area contributed by atoms with Crippen molar-refractivity contribution in [3.8, 4) is 5.82 Å². The molecule has 2 N–H and O–H groups in total. The molecule has 0 aliphatic carbocycles. The van der Waals surface area contributed by atoms with Crippen LogP contribution in [0.4, 0.5) is 4.39 Å². The molecule has 0 aromatic carbocycles. The minimum Gasteiger partial charge on any atom is -0.345 e. The Balaban J connectivity index is 1.82. The molecule has 1 atom stereocenters. The van der Waals surface area contributed by atoms with Gasteiger partial charge in [0.15, 0.2) is 0 Å². The van der Waals surface area contributed by atoms with Gasteiger partial charge >= 0.3 is 0 Å². The summed E-state index contributed by atoms with van der Waals surface area (Å²) in [4.78, 5) is 7.28. The number of rotatable bonds is 2. The summed E-state index contributed by atoms with van der Waals surface area (Å²) in [5.74, 6) is 0.935. The zero-order chi connectivity index (χ0) is 11.7. The van der Waals surface area contributed by atoms with E-state index in [1.807, 2.05) is 10.8 Å². The second kappa shape index (κ2) is 4.33. The van der Waals surface area contributed by atoms with Crippen LogP contribution in [-0.2, 0) is 0 Å². The number of halogens is 1. The lowest BCUT2D eigenvalue weighted by atomic mass is 9.97. The zero-order valence-corrected chi connectivity index (χ0v) is 9.49. The zero-order valence-electron chi connectivity index (χ0n) is 9.49. The lowest BCUT2D eigenvalue weighted by molar-refractivity contribution is 0.455. The van der Waals surface area contributed by atoms with Crippen LogP contribution in [0.2, 0.25) is 0 Å². The fourth-order valence-corrected chi connectivity index (χ4v) is 2.29. The average molecular weight is 234 g/mol. The summed E-state index contributed by atoms with van der Waals surface area (Å²) in [7, 11) is 0. The van der Waals surface area contributed by atoms with Crippen molar-refractivity contribution in [1.82, 2.24) is 19.9 Å². The Kier molecular flexibility index (Phi) is 2.68. The van der Waals surface area contributed by atoms with E-state index in [0.29, 0.717) is 11.7 Å². The highest BCUT2D eigenvalue weighted by Gasteiger charge is 2.17. The van der Waals surface area contributed by atoms with Gasteiger partial charge in [-0.3, -0.25) is 4.57 Å². The molecule has 1 aliphatic heterocycles. The van der Waals surface area contributed by atoms with Gasteiger partial charge in [-0.2, -0.15) is 0 Å². The maximum Gasteiger partial charge on any atom is 0.142 e. The van der Waals surface area contributed by atoms with Gasteiger partial charge in [0.25, 0.3) is 0 Å². The fourth-order valence-electron chi connectivity index (χ4n) is 2.29. The van der Waals surface area contributed by atoms with Gasteiger partial charge in [0, 0.05) is 30.9 Å². The van der Waals surface area contributed by atoms with E-state index in [4.69, 9.17) is 0 Å². The SMILES string of the molecule is Fc1c[nH]c(-n2cnc([C@H]3CCCNC3)c2)c1. The van der Waals surface area contributed by atoms with Crippen LogP contribution in [0, 0.1) is 5.82 Å². The van der Waals surface area contributed by atoms with E-state index in [-0.39, 0.29) is 5.82 Å². The highest BCUT2D eigenvalue weighted by atomic mass is 19.1. The molecule has 0 unspecified atom stereocenters. The topological polar surface area (TPSA) is 45.6 Å². The van der Waals surface area contributed by atoms with E-state index in [0.717, 1.165) is 18.8 Å². The van der Waals surface area contributed by atoms with Crippen LogP contribution < -0.4 is 5.32 Å². The number of nitrogens with zero attached hydrogens (tertiary/aromatic N) is 2. The smallest absolute Gasteiger partial charge is 0.142 e. The van der Waals surface area contributed by atoms with Crippen molar-refractivity contribution in [2.75, 3.05) is 13.1 Å². The monoisotopic (exact) mass is 234 g/mol. The standard InChI is InChI=1S/C12H15FN4/c13-10-4-12(15-6-10)17-7-11(16-8-17)9-2-1-3-14-5-9/h4,6-9,14-15H,1-3,5H2/t9-/m0/s1. The highest BCUT2D eigenvalue weighted by Crippen LogP contribution is 2.22. The van der Waals surface area contributed by atoms with Gasteiger partial charge in [-0.1, -0.05) is 0 Å². The summed E-state index contributed by atoms with van der Waals surface area (Å²) in [6, 6.07) is 1.46. The van der Waals surface area contributed by atoms with Crippen LogP contribution in [-0.4, -0.2) is 27.6 Å². The van der Waals surface area contributed by atoms with Crippen molar-refractivity contribution in [2.24, 2.45) is 0 Å². The maximum absolute atomic E-state index is 12.9. The number of nitrogens with one attached hydrogen (secondary N) is 2. The number of aromatic amines is 1. The second-order valence-electron chi connectivity index (χ2n) is 4.45. The van der Waals surface area contributed by atoms with Crippen LogP contribution in [0.5, 0.6) is 0 Å². The van der Waals surface area contributed by atoms with Crippen LogP contribution in [0.25, 0.3) is 5.82 Å². The van der Waals surface area contributed by atoms with Gasteiger partial charge in [0.1, 0.15) is 18.0 Å². The third kappa shape index (κ3) is 2.10. The first-order valence-corrected chi connectivity index (χ1v) is 5.92. The molecule has 0 spiro atoms. The first kappa shape index (κ1) is 10.5. The van der Waals surface area contributed by atoms with E-state index in [1.165, 1.54) is 25.1 Å². The molecule has 3 heterocycles. The lowest BCUT2D eigenvalue weighted by Gasteiger charge is -2.20. The normalized spacial score (nSPS) is 20.6. The van der Waals surface area contributed by atoms with E-state index >= 15 is 0 Å². The maximum atomic E-state index is 12.9. The molecule has 90 valence electrons. The summed E-state index contributed by atoms with van der Waals surface area (Å²) in [5, 5.41) is 3.37. The van der Waals surface area contributed by atoms with Crippen LogP contribution in [0.3, 0.4) is 0 Å². The van der Waals surface area contributed by atoms with E-state index < -0.39 is 0 Å². The Morgan fingerprint density at radius 1 is 1.47 bits per heavy atom. The molecule has 3 rings (SSSR count). The third-order valence-corrected chi connectivity index (χ3v) is 3.23. The second-order valence-corrected chi connectivity index (χ2v) is 4.45. The minimum atomic E-state index is -0.255.